The van der Waals surface area contributed by atoms with Gasteiger partial charge in [-0.15, -0.1) is 0 Å². The molecule has 0 aliphatic rings. The summed E-state index contributed by atoms with van der Waals surface area (Å²) in [6.45, 7) is 0. The van der Waals surface area contributed by atoms with Crippen LogP contribution in [0.1, 0.15) is 5.56 Å². The zero-order chi connectivity index (χ0) is 15.4. The number of hydrogen-bond acceptors (Lipinski definition) is 3. The Balaban J connectivity index is 2.16. The predicted molar refractivity (Wildman–Crippen MR) is 88.6 cm³/mol. The zero-order valence-electron chi connectivity index (χ0n) is 11.9. The lowest BCUT2D eigenvalue weighted by molar-refractivity contribution is 0.818. The number of para-hydroxylation sites is 1. The highest BCUT2D eigenvalue weighted by molar-refractivity contribution is 7.02. The van der Waals surface area contributed by atoms with Crippen molar-refractivity contribution < 1.29 is 0 Å². The molecule has 1 N–H and O–H groups in total. The lowest BCUT2D eigenvalue weighted by Crippen LogP contribution is -2.23. The van der Waals surface area contributed by atoms with E-state index in [9.17, 15) is 4.79 Å². The highest BCUT2D eigenvalue weighted by Gasteiger charge is 2.04. The topological polar surface area (TPSA) is 62.5 Å². The predicted octanol–water partition coefficient (Wildman–Crippen LogP) is 2.45. The number of aromatic nitrogens is 2. The molecule has 0 saturated carbocycles. The molecule has 0 amide bonds. The average Bonchev–Trinajstić information content (AvgIpc) is 2.88. The third-order valence-electron chi connectivity index (χ3n) is 3.05. The molecule has 0 aliphatic carbocycles. The summed E-state index contributed by atoms with van der Waals surface area (Å²) in [6, 6.07) is 19.3. The minimum Gasteiger partial charge on any atom is -0.271 e. The van der Waals surface area contributed by atoms with Crippen molar-refractivity contribution in [3.63, 3.8) is 0 Å². The zero-order valence-corrected chi connectivity index (χ0v) is 12.7. The van der Waals surface area contributed by atoms with Crippen LogP contribution in [0.3, 0.4) is 0 Å². The van der Waals surface area contributed by atoms with E-state index in [4.69, 9.17) is 0 Å². The molecule has 0 unspecified atom stereocenters. The van der Waals surface area contributed by atoms with Crippen molar-refractivity contribution in [1.82, 2.24) is 8.94 Å². The second-order valence-corrected chi connectivity index (χ2v) is 5.37. The Morgan fingerprint density at radius 3 is 2.27 bits per heavy atom. The fourth-order valence-electron chi connectivity index (χ4n) is 1.87. The van der Waals surface area contributed by atoms with E-state index < -0.39 is 0 Å². The smallest absolute Gasteiger partial charge is 0.271 e. The van der Waals surface area contributed by atoms with Crippen molar-refractivity contribution in [2.24, 2.45) is 17.0 Å². The molecular weight excluding hydrogens is 296 g/mol. The Morgan fingerprint density at radius 1 is 1.05 bits per heavy atom. The van der Waals surface area contributed by atoms with Crippen molar-refractivity contribution >= 4 is 23.1 Å². The van der Waals surface area contributed by atoms with Crippen LogP contribution in [-0.2, 0) is 7.05 Å². The number of H-pyrrole nitrogens is 1. The molecule has 0 aliphatic heterocycles. The first kappa shape index (κ1) is 14.2. The van der Waals surface area contributed by atoms with Crippen LogP contribution in [-0.4, -0.2) is 14.8 Å². The molecule has 0 bridgehead atoms. The summed E-state index contributed by atoms with van der Waals surface area (Å²) in [7, 11) is 1.68. The van der Waals surface area contributed by atoms with Gasteiger partial charge in [0, 0.05) is 12.6 Å². The van der Waals surface area contributed by atoms with Crippen molar-refractivity contribution in [3.8, 4) is 0 Å². The first-order chi connectivity index (χ1) is 10.7. The maximum absolute atomic E-state index is 11.5. The second-order valence-electron chi connectivity index (χ2n) is 4.60. The number of nitrogens with zero attached hydrogens (tertiary/aromatic N) is 3. The van der Waals surface area contributed by atoms with E-state index in [1.165, 1.54) is 16.1 Å². The molecule has 1 heterocycles. The van der Waals surface area contributed by atoms with Crippen LogP contribution in [0.5, 0.6) is 0 Å². The fourth-order valence-corrected chi connectivity index (χ4v) is 2.54. The van der Waals surface area contributed by atoms with Gasteiger partial charge in [-0.1, -0.05) is 48.5 Å². The molecule has 6 heteroatoms. The molecule has 3 aromatic rings. The third-order valence-corrected chi connectivity index (χ3v) is 3.87. The number of rotatable bonds is 2. The number of aliphatic imine (C=N–C) groups is 1. The van der Waals surface area contributed by atoms with E-state index in [0.717, 1.165) is 11.3 Å². The van der Waals surface area contributed by atoms with Gasteiger partial charge in [-0.25, -0.2) is 9.79 Å². The summed E-state index contributed by atoms with van der Waals surface area (Å²) >= 11 is 1.19. The van der Waals surface area contributed by atoms with Gasteiger partial charge in [0.15, 0.2) is 5.84 Å². The van der Waals surface area contributed by atoms with Crippen molar-refractivity contribution in [2.45, 2.75) is 0 Å². The van der Waals surface area contributed by atoms with E-state index in [2.05, 4.69) is 14.4 Å². The van der Waals surface area contributed by atoms with Crippen LogP contribution in [0.15, 0.2) is 75.4 Å². The first-order valence-electron chi connectivity index (χ1n) is 6.72. The van der Waals surface area contributed by atoms with Gasteiger partial charge >= 0.3 is 5.69 Å². The molecule has 22 heavy (non-hydrogen) atoms. The van der Waals surface area contributed by atoms with Gasteiger partial charge in [0.1, 0.15) is 0 Å². The van der Waals surface area contributed by atoms with Gasteiger partial charge in [0.25, 0.3) is 0 Å². The van der Waals surface area contributed by atoms with Crippen molar-refractivity contribution in [2.75, 3.05) is 0 Å². The lowest BCUT2D eigenvalue weighted by atomic mass is 10.2. The largest absolute Gasteiger partial charge is 0.336 e. The van der Waals surface area contributed by atoms with Crippen LogP contribution in [0.25, 0.3) is 0 Å². The van der Waals surface area contributed by atoms with Crippen molar-refractivity contribution in [3.05, 3.63) is 81.5 Å². The first-order valence-corrected chi connectivity index (χ1v) is 7.54. The summed E-state index contributed by atoms with van der Waals surface area (Å²) < 4.78 is 4.12. The average molecular weight is 310 g/mol. The van der Waals surface area contributed by atoms with Crippen LogP contribution in [0.4, 0.5) is 5.69 Å². The Kier molecular flexibility index (Phi) is 4.11. The van der Waals surface area contributed by atoms with Gasteiger partial charge < -0.3 is 0 Å². The van der Waals surface area contributed by atoms with Gasteiger partial charge in [-0.2, -0.15) is 4.99 Å². The van der Waals surface area contributed by atoms with E-state index >= 15 is 0 Å². The van der Waals surface area contributed by atoms with E-state index in [1.807, 2.05) is 60.7 Å². The van der Waals surface area contributed by atoms with Gasteiger partial charge in [-0.3, -0.25) is 8.94 Å². The normalized spacial score (nSPS) is 12.6. The monoisotopic (exact) mass is 310 g/mol. The summed E-state index contributed by atoms with van der Waals surface area (Å²) in [5.41, 5.74) is 1.53. The molecule has 0 saturated heterocycles. The van der Waals surface area contributed by atoms with Crippen molar-refractivity contribution in [1.29, 1.82) is 0 Å². The summed E-state index contributed by atoms with van der Waals surface area (Å²) in [4.78, 5) is 21.3. The molecule has 0 atom stereocenters. The number of aromatic amines is 1. The third kappa shape index (κ3) is 3.12. The number of nitrogens with one attached hydrogen (secondary N) is 1. The SMILES string of the molecule is Cn1c(=O)[nH]sc1=NC(=Nc1ccccc1)c1ccccc1. The Bertz CT molecular complexity index is 904. The number of amidine groups is 1. The molecule has 3 rings (SSSR count). The van der Waals surface area contributed by atoms with Gasteiger partial charge in [-0.05, 0) is 23.7 Å². The fraction of sp³-hybridized carbons (Fsp3) is 0.0625. The van der Waals surface area contributed by atoms with Crippen LogP contribution >= 0.6 is 11.5 Å². The van der Waals surface area contributed by atoms with E-state index in [-0.39, 0.29) is 5.69 Å². The maximum Gasteiger partial charge on any atom is 0.336 e. The van der Waals surface area contributed by atoms with E-state index in [0.29, 0.717) is 10.6 Å². The Hall–Kier alpha value is -2.73. The molecule has 0 spiro atoms. The minimum atomic E-state index is -0.184. The Labute approximate surface area is 131 Å². The van der Waals surface area contributed by atoms with Crippen LogP contribution in [0, 0.1) is 0 Å². The lowest BCUT2D eigenvalue weighted by Gasteiger charge is -2.01. The molecule has 0 fully saturated rings. The number of hydrogen-bond donors (Lipinski definition) is 1. The van der Waals surface area contributed by atoms with E-state index in [1.54, 1.807) is 7.05 Å². The maximum atomic E-state index is 11.5. The van der Waals surface area contributed by atoms with Crippen LogP contribution < -0.4 is 10.5 Å². The summed E-state index contributed by atoms with van der Waals surface area (Å²) in [5.74, 6) is 0.567. The highest BCUT2D eigenvalue weighted by atomic mass is 32.1. The highest BCUT2D eigenvalue weighted by Crippen LogP contribution is 2.13. The summed E-state index contributed by atoms with van der Waals surface area (Å²) in [5, 5.41) is 0. The molecule has 1 aromatic heterocycles. The molecule has 110 valence electrons. The molecule has 0 radical (unpaired) electrons. The molecular formula is C16H14N4OS. The summed E-state index contributed by atoms with van der Waals surface area (Å²) in [6.07, 6.45) is 0. The molecule has 5 nitrogen and oxygen atoms in total. The standard InChI is InChI=1S/C16H14N4OS/c1-20-15(21)19-22-16(20)18-14(12-8-4-2-5-9-12)17-13-10-6-3-7-11-13/h2-11H,1H3,(H,19,21). The quantitative estimate of drug-likeness (QED) is 0.573. The Morgan fingerprint density at radius 2 is 1.68 bits per heavy atom. The van der Waals surface area contributed by atoms with Gasteiger partial charge in [0.2, 0.25) is 4.80 Å². The molecule has 2 aromatic carbocycles. The van der Waals surface area contributed by atoms with Gasteiger partial charge in [0.05, 0.1) is 5.69 Å². The second kappa shape index (κ2) is 6.36. The minimum absolute atomic E-state index is 0.184. The van der Waals surface area contributed by atoms with Crippen LogP contribution in [0.2, 0.25) is 0 Å². The number of benzene rings is 2.